The Balaban J connectivity index is 1.87. The molecule has 0 aromatic heterocycles. The Hall–Kier alpha value is -2.49. The minimum atomic E-state index is -0.00799. The SMILES string of the molecule is CN(C(=O)c1ccc2c(c1)NCCN2)c1ccccc1. The third-order valence-corrected chi connectivity index (χ3v) is 3.47. The van der Waals surface area contributed by atoms with E-state index in [1.807, 2.05) is 48.5 Å². The Kier molecular flexibility index (Phi) is 3.29. The van der Waals surface area contributed by atoms with Crippen LogP contribution in [0.3, 0.4) is 0 Å². The minimum Gasteiger partial charge on any atom is -0.382 e. The molecule has 3 rings (SSSR count). The molecule has 0 radical (unpaired) electrons. The van der Waals surface area contributed by atoms with Gasteiger partial charge in [0.15, 0.2) is 0 Å². The lowest BCUT2D eigenvalue weighted by atomic mass is 10.1. The van der Waals surface area contributed by atoms with Crippen molar-refractivity contribution in [1.29, 1.82) is 0 Å². The van der Waals surface area contributed by atoms with Crippen LogP contribution in [0.15, 0.2) is 48.5 Å². The number of hydrogen-bond acceptors (Lipinski definition) is 3. The predicted octanol–water partition coefficient (Wildman–Crippen LogP) is 2.80. The molecule has 2 aromatic carbocycles. The van der Waals surface area contributed by atoms with Crippen LogP contribution in [0.2, 0.25) is 0 Å². The number of fused-ring (bicyclic) bond motifs is 1. The Morgan fingerprint density at radius 3 is 2.45 bits per heavy atom. The minimum absolute atomic E-state index is 0.00799. The number of carbonyl (C=O) groups is 1. The maximum absolute atomic E-state index is 12.5. The molecule has 2 N–H and O–H groups in total. The first-order valence-corrected chi connectivity index (χ1v) is 6.70. The number of anilines is 3. The molecule has 0 unspecified atom stereocenters. The summed E-state index contributed by atoms with van der Waals surface area (Å²) in [6.07, 6.45) is 0. The fourth-order valence-corrected chi connectivity index (χ4v) is 2.33. The van der Waals surface area contributed by atoms with Crippen molar-refractivity contribution in [1.82, 2.24) is 0 Å². The maximum Gasteiger partial charge on any atom is 0.258 e. The zero-order valence-electron chi connectivity index (χ0n) is 11.4. The van der Waals surface area contributed by atoms with Gasteiger partial charge in [0.2, 0.25) is 0 Å². The number of nitrogens with zero attached hydrogens (tertiary/aromatic N) is 1. The summed E-state index contributed by atoms with van der Waals surface area (Å²) in [5.74, 6) is -0.00799. The number of nitrogens with one attached hydrogen (secondary N) is 2. The maximum atomic E-state index is 12.5. The van der Waals surface area contributed by atoms with Crippen molar-refractivity contribution in [3.05, 3.63) is 54.1 Å². The number of para-hydroxylation sites is 1. The van der Waals surface area contributed by atoms with E-state index in [-0.39, 0.29) is 5.91 Å². The topological polar surface area (TPSA) is 44.4 Å². The molecule has 0 spiro atoms. The molecular formula is C16H17N3O. The van der Waals surface area contributed by atoms with Crippen molar-refractivity contribution in [2.45, 2.75) is 0 Å². The fourth-order valence-electron chi connectivity index (χ4n) is 2.33. The smallest absolute Gasteiger partial charge is 0.258 e. The van der Waals surface area contributed by atoms with Crippen LogP contribution in [-0.2, 0) is 0 Å². The van der Waals surface area contributed by atoms with Crippen molar-refractivity contribution in [3.63, 3.8) is 0 Å². The molecule has 0 fully saturated rings. The van der Waals surface area contributed by atoms with E-state index in [9.17, 15) is 4.79 Å². The van der Waals surface area contributed by atoms with Gasteiger partial charge in [0, 0.05) is 31.4 Å². The first kappa shape index (κ1) is 12.5. The van der Waals surface area contributed by atoms with E-state index in [0.29, 0.717) is 5.56 Å². The zero-order chi connectivity index (χ0) is 13.9. The monoisotopic (exact) mass is 267 g/mol. The number of carbonyl (C=O) groups excluding carboxylic acids is 1. The van der Waals surface area contributed by atoms with Crippen molar-refractivity contribution in [3.8, 4) is 0 Å². The molecule has 0 saturated heterocycles. The zero-order valence-corrected chi connectivity index (χ0v) is 11.4. The van der Waals surface area contributed by atoms with Crippen LogP contribution in [0, 0.1) is 0 Å². The molecule has 1 aliphatic rings. The van der Waals surface area contributed by atoms with Gasteiger partial charge in [-0.2, -0.15) is 0 Å². The van der Waals surface area contributed by atoms with Gasteiger partial charge < -0.3 is 15.5 Å². The number of amides is 1. The summed E-state index contributed by atoms with van der Waals surface area (Å²) in [6.45, 7) is 1.78. The third-order valence-electron chi connectivity index (χ3n) is 3.47. The number of benzene rings is 2. The van der Waals surface area contributed by atoms with E-state index < -0.39 is 0 Å². The van der Waals surface area contributed by atoms with Gasteiger partial charge in [0.05, 0.1) is 11.4 Å². The average molecular weight is 267 g/mol. The average Bonchev–Trinajstić information content (AvgIpc) is 2.54. The molecule has 4 heteroatoms. The molecule has 1 aliphatic heterocycles. The van der Waals surface area contributed by atoms with Gasteiger partial charge in [-0.1, -0.05) is 18.2 Å². The second kappa shape index (κ2) is 5.25. The van der Waals surface area contributed by atoms with E-state index >= 15 is 0 Å². The second-order valence-electron chi connectivity index (χ2n) is 4.81. The summed E-state index contributed by atoms with van der Waals surface area (Å²) in [4.78, 5) is 14.2. The highest BCUT2D eigenvalue weighted by atomic mass is 16.2. The lowest BCUT2D eigenvalue weighted by Gasteiger charge is -2.22. The largest absolute Gasteiger partial charge is 0.382 e. The molecule has 20 heavy (non-hydrogen) atoms. The molecule has 0 atom stereocenters. The summed E-state index contributed by atoms with van der Waals surface area (Å²) in [5, 5.41) is 6.61. The summed E-state index contributed by atoms with van der Waals surface area (Å²) >= 11 is 0. The van der Waals surface area contributed by atoms with Gasteiger partial charge in [0.1, 0.15) is 0 Å². The van der Waals surface area contributed by atoms with E-state index in [0.717, 1.165) is 30.2 Å². The third kappa shape index (κ3) is 2.32. The van der Waals surface area contributed by atoms with E-state index in [1.165, 1.54) is 0 Å². The van der Waals surface area contributed by atoms with Gasteiger partial charge in [-0.05, 0) is 30.3 Å². The normalized spacial score (nSPS) is 12.8. The number of rotatable bonds is 2. The van der Waals surface area contributed by atoms with E-state index in [1.54, 1.807) is 11.9 Å². The fraction of sp³-hybridized carbons (Fsp3) is 0.188. The van der Waals surface area contributed by atoms with Crippen LogP contribution in [0.4, 0.5) is 17.1 Å². The quantitative estimate of drug-likeness (QED) is 0.879. The molecular weight excluding hydrogens is 250 g/mol. The lowest BCUT2D eigenvalue weighted by Crippen LogP contribution is -2.27. The molecule has 2 aromatic rings. The van der Waals surface area contributed by atoms with Crippen LogP contribution in [0.25, 0.3) is 0 Å². The highest BCUT2D eigenvalue weighted by Crippen LogP contribution is 2.26. The van der Waals surface area contributed by atoms with E-state index in [4.69, 9.17) is 0 Å². The number of hydrogen-bond donors (Lipinski definition) is 2. The molecule has 1 amide bonds. The Labute approximate surface area is 118 Å². The standard InChI is InChI=1S/C16H17N3O/c1-19(13-5-3-2-4-6-13)16(20)12-7-8-14-15(11-12)18-10-9-17-14/h2-8,11,17-18H,9-10H2,1H3. The molecule has 0 bridgehead atoms. The Morgan fingerprint density at radius 2 is 1.70 bits per heavy atom. The highest BCUT2D eigenvalue weighted by Gasteiger charge is 2.16. The Bertz CT molecular complexity index is 625. The van der Waals surface area contributed by atoms with Gasteiger partial charge in [0.25, 0.3) is 5.91 Å². The van der Waals surface area contributed by atoms with Crippen LogP contribution < -0.4 is 15.5 Å². The van der Waals surface area contributed by atoms with Crippen molar-refractivity contribution in [2.75, 3.05) is 35.7 Å². The molecule has 0 aliphatic carbocycles. The lowest BCUT2D eigenvalue weighted by molar-refractivity contribution is 0.0993. The van der Waals surface area contributed by atoms with Gasteiger partial charge in [-0.25, -0.2) is 0 Å². The van der Waals surface area contributed by atoms with Crippen LogP contribution in [0.1, 0.15) is 10.4 Å². The molecule has 4 nitrogen and oxygen atoms in total. The van der Waals surface area contributed by atoms with E-state index in [2.05, 4.69) is 10.6 Å². The van der Waals surface area contributed by atoms with Crippen LogP contribution in [0.5, 0.6) is 0 Å². The molecule has 102 valence electrons. The summed E-state index contributed by atoms with van der Waals surface area (Å²) in [7, 11) is 1.79. The Morgan fingerprint density at radius 1 is 1.00 bits per heavy atom. The van der Waals surface area contributed by atoms with Crippen molar-refractivity contribution >= 4 is 23.0 Å². The second-order valence-corrected chi connectivity index (χ2v) is 4.81. The predicted molar refractivity (Wildman–Crippen MR) is 82.6 cm³/mol. The van der Waals surface area contributed by atoms with Crippen LogP contribution >= 0.6 is 0 Å². The summed E-state index contributed by atoms with van der Waals surface area (Å²) < 4.78 is 0. The van der Waals surface area contributed by atoms with Gasteiger partial charge in [-0.3, -0.25) is 4.79 Å². The first-order chi connectivity index (χ1) is 9.75. The summed E-state index contributed by atoms with van der Waals surface area (Å²) in [5.41, 5.74) is 3.62. The van der Waals surface area contributed by atoms with Gasteiger partial charge in [-0.15, -0.1) is 0 Å². The van der Waals surface area contributed by atoms with Crippen molar-refractivity contribution < 1.29 is 4.79 Å². The first-order valence-electron chi connectivity index (χ1n) is 6.70. The highest BCUT2D eigenvalue weighted by molar-refractivity contribution is 6.06. The molecule has 1 heterocycles. The van der Waals surface area contributed by atoms with Crippen molar-refractivity contribution in [2.24, 2.45) is 0 Å². The molecule has 0 saturated carbocycles. The van der Waals surface area contributed by atoms with Gasteiger partial charge >= 0.3 is 0 Å². The van der Waals surface area contributed by atoms with Crippen LogP contribution in [-0.4, -0.2) is 26.0 Å². The summed E-state index contributed by atoms with van der Waals surface area (Å²) in [6, 6.07) is 15.4.